The van der Waals surface area contributed by atoms with Crippen LogP contribution in [0.1, 0.15) is 12.8 Å². The minimum absolute atomic E-state index is 0.333. The van der Waals surface area contributed by atoms with Crippen molar-refractivity contribution in [2.75, 3.05) is 36.9 Å². The monoisotopic (exact) mass is 235 g/mol. The number of anilines is 2. The van der Waals surface area contributed by atoms with Gasteiger partial charge in [-0.15, -0.1) is 0 Å². The maximum absolute atomic E-state index is 5.93. The van der Waals surface area contributed by atoms with Crippen molar-refractivity contribution in [2.24, 2.45) is 0 Å². The molecule has 2 aliphatic heterocycles. The lowest BCUT2D eigenvalue weighted by Gasteiger charge is -2.38. The van der Waals surface area contributed by atoms with Gasteiger partial charge in [0, 0.05) is 32.1 Å². The molecule has 1 aromatic heterocycles. The second kappa shape index (κ2) is 4.16. The quantitative estimate of drug-likeness (QED) is 0.787. The van der Waals surface area contributed by atoms with Crippen LogP contribution in [0.15, 0.2) is 18.3 Å². The van der Waals surface area contributed by atoms with Gasteiger partial charge in [-0.1, -0.05) is 0 Å². The first-order valence-electron chi connectivity index (χ1n) is 6.02. The van der Waals surface area contributed by atoms with Gasteiger partial charge < -0.3 is 20.1 Å². The Bertz CT molecular complexity index is 394. The number of piperidine rings is 1. The molecule has 5 heteroatoms. The van der Waals surface area contributed by atoms with E-state index in [9.17, 15) is 0 Å². The first kappa shape index (κ1) is 10.8. The third kappa shape index (κ3) is 1.96. The van der Waals surface area contributed by atoms with Crippen molar-refractivity contribution in [3.63, 3.8) is 0 Å². The van der Waals surface area contributed by atoms with Crippen molar-refractivity contribution in [1.29, 1.82) is 0 Å². The molecule has 5 nitrogen and oxygen atoms in total. The number of hydrogen-bond donors (Lipinski definition) is 1. The summed E-state index contributed by atoms with van der Waals surface area (Å²) in [5.74, 6) is 0.542. The van der Waals surface area contributed by atoms with Crippen molar-refractivity contribution < 1.29 is 9.47 Å². The molecule has 0 atom stereocenters. The number of aromatic nitrogens is 1. The number of nitrogens with two attached hydrogens (primary N) is 1. The fourth-order valence-electron chi connectivity index (χ4n) is 2.52. The summed E-state index contributed by atoms with van der Waals surface area (Å²) in [7, 11) is 0. The van der Waals surface area contributed by atoms with E-state index in [1.807, 2.05) is 12.1 Å². The number of rotatable bonds is 1. The van der Waals surface area contributed by atoms with Crippen LogP contribution in [0.2, 0.25) is 0 Å². The van der Waals surface area contributed by atoms with Crippen molar-refractivity contribution in [2.45, 2.75) is 18.6 Å². The molecule has 0 bridgehead atoms. The highest BCUT2D eigenvalue weighted by atomic mass is 16.7. The largest absolute Gasteiger partial charge is 0.396 e. The summed E-state index contributed by atoms with van der Waals surface area (Å²) in [4.78, 5) is 6.54. The Morgan fingerprint density at radius 1 is 1.24 bits per heavy atom. The van der Waals surface area contributed by atoms with Crippen LogP contribution < -0.4 is 10.6 Å². The highest BCUT2D eigenvalue weighted by Crippen LogP contribution is 2.33. The molecule has 0 aliphatic carbocycles. The number of ether oxygens (including phenoxy) is 2. The van der Waals surface area contributed by atoms with Crippen LogP contribution in [0.5, 0.6) is 0 Å². The molecular formula is C12H17N3O2. The highest BCUT2D eigenvalue weighted by molar-refractivity contribution is 5.62. The van der Waals surface area contributed by atoms with Crippen LogP contribution in [0.3, 0.4) is 0 Å². The Labute approximate surface area is 101 Å². The topological polar surface area (TPSA) is 60.6 Å². The van der Waals surface area contributed by atoms with Gasteiger partial charge in [0.25, 0.3) is 0 Å². The third-order valence-electron chi connectivity index (χ3n) is 3.46. The summed E-state index contributed by atoms with van der Waals surface area (Å²) in [6.07, 6.45) is 3.53. The molecule has 0 saturated carbocycles. The molecule has 17 heavy (non-hydrogen) atoms. The molecule has 92 valence electrons. The average Bonchev–Trinajstić information content (AvgIpc) is 2.80. The van der Waals surface area contributed by atoms with E-state index in [0.29, 0.717) is 13.2 Å². The molecule has 2 saturated heterocycles. The minimum atomic E-state index is -0.333. The first-order valence-corrected chi connectivity index (χ1v) is 6.02. The lowest BCUT2D eigenvalue weighted by molar-refractivity contribution is -0.169. The van der Waals surface area contributed by atoms with E-state index < -0.39 is 0 Å². The van der Waals surface area contributed by atoms with Crippen LogP contribution >= 0.6 is 0 Å². The zero-order chi connectivity index (χ0) is 11.7. The van der Waals surface area contributed by atoms with Crippen molar-refractivity contribution in [3.8, 4) is 0 Å². The Morgan fingerprint density at radius 2 is 1.94 bits per heavy atom. The molecule has 3 rings (SSSR count). The molecule has 0 unspecified atom stereocenters. The summed E-state index contributed by atoms with van der Waals surface area (Å²) in [5, 5.41) is 0. The zero-order valence-corrected chi connectivity index (χ0v) is 9.76. The van der Waals surface area contributed by atoms with Gasteiger partial charge in [0.2, 0.25) is 0 Å². The van der Waals surface area contributed by atoms with Crippen LogP contribution in [0.25, 0.3) is 0 Å². The molecule has 0 aromatic carbocycles. The van der Waals surface area contributed by atoms with Crippen molar-refractivity contribution >= 4 is 11.5 Å². The second-order valence-electron chi connectivity index (χ2n) is 4.51. The maximum atomic E-state index is 5.93. The van der Waals surface area contributed by atoms with Gasteiger partial charge in [-0.25, -0.2) is 4.98 Å². The summed E-state index contributed by atoms with van der Waals surface area (Å²) in [5.41, 5.74) is 6.66. The van der Waals surface area contributed by atoms with E-state index >= 15 is 0 Å². The summed E-state index contributed by atoms with van der Waals surface area (Å²) < 4.78 is 11.4. The molecule has 3 heterocycles. The Hall–Kier alpha value is -1.33. The summed E-state index contributed by atoms with van der Waals surface area (Å²) in [6.45, 7) is 3.18. The number of hydrogen-bond acceptors (Lipinski definition) is 5. The molecule has 2 aliphatic rings. The van der Waals surface area contributed by atoms with E-state index in [2.05, 4.69) is 9.88 Å². The van der Waals surface area contributed by atoms with Crippen LogP contribution in [-0.4, -0.2) is 37.1 Å². The lowest BCUT2D eigenvalue weighted by atomic mass is 10.0. The minimum Gasteiger partial charge on any atom is -0.396 e. The third-order valence-corrected chi connectivity index (χ3v) is 3.46. The van der Waals surface area contributed by atoms with Gasteiger partial charge in [-0.3, -0.25) is 0 Å². The van der Waals surface area contributed by atoms with Gasteiger partial charge in [0.05, 0.1) is 18.9 Å². The van der Waals surface area contributed by atoms with Crippen LogP contribution in [0.4, 0.5) is 11.5 Å². The second-order valence-corrected chi connectivity index (χ2v) is 4.51. The zero-order valence-electron chi connectivity index (χ0n) is 9.76. The molecule has 1 spiro atoms. The SMILES string of the molecule is Nc1cccnc1N1CCC2(CC1)OCCO2. The standard InChI is InChI=1S/C12H17N3O2/c13-10-2-1-5-14-11(10)15-6-3-12(4-7-15)16-8-9-17-12/h1-2,5H,3-4,6-9,13H2. The molecule has 2 N–H and O–H groups in total. The Kier molecular flexibility index (Phi) is 2.64. The number of nitrogen functional groups attached to an aromatic ring is 1. The van der Waals surface area contributed by atoms with Gasteiger partial charge in [0.1, 0.15) is 0 Å². The molecule has 0 amide bonds. The van der Waals surface area contributed by atoms with E-state index in [1.165, 1.54) is 0 Å². The van der Waals surface area contributed by atoms with E-state index in [4.69, 9.17) is 15.2 Å². The fourth-order valence-corrected chi connectivity index (χ4v) is 2.52. The van der Waals surface area contributed by atoms with Crippen LogP contribution in [0, 0.1) is 0 Å². The van der Waals surface area contributed by atoms with Gasteiger partial charge >= 0.3 is 0 Å². The van der Waals surface area contributed by atoms with Crippen molar-refractivity contribution in [1.82, 2.24) is 4.98 Å². The van der Waals surface area contributed by atoms with Gasteiger partial charge in [-0.05, 0) is 12.1 Å². The molecule has 1 aromatic rings. The molecular weight excluding hydrogens is 218 g/mol. The Morgan fingerprint density at radius 3 is 2.59 bits per heavy atom. The van der Waals surface area contributed by atoms with E-state index in [1.54, 1.807) is 6.20 Å². The average molecular weight is 235 g/mol. The lowest BCUT2D eigenvalue weighted by Crippen LogP contribution is -2.45. The first-order chi connectivity index (χ1) is 8.29. The summed E-state index contributed by atoms with van der Waals surface area (Å²) >= 11 is 0. The maximum Gasteiger partial charge on any atom is 0.171 e. The van der Waals surface area contributed by atoms with E-state index in [0.717, 1.165) is 37.4 Å². The molecule has 2 fully saturated rings. The Balaban J connectivity index is 1.71. The number of nitrogens with zero attached hydrogens (tertiary/aromatic N) is 2. The smallest absolute Gasteiger partial charge is 0.171 e. The van der Waals surface area contributed by atoms with Crippen LogP contribution in [-0.2, 0) is 9.47 Å². The highest BCUT2D eigenvalue weighted by Gasteiger charge is 2.40. The predicted molar refractivity (Wildman–Crippen MR) is 64.7 cm³/mol. The van der Waals surface area contributed by atoms with Gasteiger partial charge in [0.15, 0.2) is 11.6 Å². The summed E-state index contributed by atoms with van der Waals surface area (Å²) in [6, 6.07) is 3.74. The van der Waals surface area contributed by atoms with Crippen molar-refractivity contribution in [3.05, 3.63) is 18.3 Å². The predicted octanol–water partition coefficient (Wildman–Crippen LogP) is 1.01. The number of pyridine rings is 1. The normalized spacial score (nSPS) is 23.2. The molecule has 0 radical (unpaired) electrons. The van der Waals surface area contributed by atoms with E-state index in [-0.39, 0.29) is 5.79 Å². The fraction of sp³-hybridized carbons (Fsp3) is 0.583. The van der Waals surface area contributed by atoms with Gasteiger partial charge in [-0.2, -0.15) is 0 Å².